The van der Waals surface area contributed by atoms with Crippen molar-refractivity contribution in [3.05, 3.63) is 46.1 Å². The molecular weight excluding hydrogens is 382 g/mol. The van der Waals surface area contributed by atoms with Crippen LogP contribution in [0.25, 0.3) is 0 Å². The number of ether oxygens (including phenoxy) is 1. The summed E-state index contributed by atoms with van der Waals surface area (Å²) in [6.07, 6.45) is 4.11. The SMILES string of the molecule is O=C(c1nn2c(c1Br)OCCC2)N1CCC(Cc2ccccc2)CC1. The molecule has 0 bridgehead atoms. The summed E-state index contributed by atoms with van der Waals surface area (Å²) >= 11 is 3.50. The molecule has 0 saturated carbocycles. The third kappa shape index (κ3) is 3.45. The van der Waals surface area contributed by atoms with Crippen molar-refractivity contribution in [3.63, 3.8) is 0 Å². The predicted octanol–water partition coefficient (Wildman–Crippen LogP) is 3.52. The molecule has 2 aliphatic rings. The van der Waals surface area contributed by atoms with Gasteiger partial charge in [0.15, 0.2) is 5.69 Å². The van der Waals surface area contributed by atoms with Crippen molar-refractivity contribution in [2.45, 2.75) is 32.2 Å². The van der Waals surface area contributed by atoms with Crippen molar-refractivity contribution in [2.24, 2.45) is 5.92 Å². The van der Waals surface area contributed by atoms with E-state index in [-0.39, 0.29) is 5.91 Å². The van der Waals surface area contributed by atoms with Crippen LogP contribution in [-0.2, 0) is 13.0 Å². The highest BCUT2D eigenvalue weighted by atomic mass is 79.9. The molecule has 0 radical (unpaired) electrons. The maximum absolute atomic E-state index is 12.9. The fourth-order valence-electron chi connectivity index (χ4n) is 3.67. The van der Waals surface area contributed by atoms with Gasteiger partial charge < -0.3 is 9.64 Å². The summed E-state index contributed by atoms with van der Waals surface area (Å²) in [6.45, 7) is 3.08. The highest BCUT2D eigenvalue weighted by molar-refractivity contribution is 9.10. The van der Waals surface area contributed by atoms with Gasteiger partial charge in [-0.1, -0.05) is 30.3 Å². The van der Waals surface area contributed by atoms with Crippen LogP contribution in [0.15, 0.2) is 34.8 Å². The normalized spacial score (nSPS) is 17.9. The van der Waals surface area contributed by atoms with Crippen LogP contribution in [-0.4, -0.2) is 40.3 Å². The van der Waals surface area contributed by atoms with Crippen LogP contribution in [0.1, 0.15) is 35.3 Å². The van der Waals surface area contributed by atoms with E-state index >= 15 is 0 Å². The summed E-state index contributed by atoms with van der Waals surface area (Å²) in [7, 11) is 0. The molecular formula is C19H22BrN3O2. The van der Waals surface area contributed by atoms with Gasteiger partial charge in [0.05, 0.1) is 6.61 Å². The topological polar surface area (TPSA) is 47.4 Å². The number of hydrogen-bond donors (Lipinski definition) is 0. The minimum absolute atomic E-state index is 0.00976. The number of carbonyl (C=O) groups is 1. The van der Waals surface area contributed by atoms with Crippen molar-refractivity contribution >= 4 is 21.8 Å². The zero-order valence-corrected chi connectivity index (χ0v) is 15.7. The predicted molar refractivity (Wildman–Crippen MR) is 98.8 cm³/mol. The number of benzene rings is 1. The van der Waals surface area contributed by atoms with Crippen molar-refractivity contribution in [1.82, 2.24) is 14.7 Å². The molecule has 1 aromatic carbocycles. The number of fused-ring (bicyclic) bond motifs is 1. The number of piperidine rings is 1. The van der Waals surface area contributed by atoms with Gasteiger partial charge >= 0.3 is 0 Å². The van der Waals surface area contributed by atoms with E-state index < -0.39 is 0 Å². The average Bonchev–Trinajstić information content (AvgIpc) is 3.00. The molecule has 6 heteroatoms. The van der Waals surface area contributed by atoms with Crippen molar-refractivity contribution in [3.8, 4) is 5.88 Å². The Morgan fingerprint density at radius 2 is 1.96 bits per heavy atom. The number of aromatic nitrogens is 2. The number of rotatable bonds is 3. The number of carbonyl (C=O) groups excluding carboxylic acids is 1. The van der Waals surface area contributed by atoms with E-state index in [1.165, 1.54) is 5.56 Å². The highest BCUT2D eigenvalue weighted by Gasteiger charge is 2.30. The lowest BCUT2D eigenvalue weighted by Crippen LogP contribution is -2.39. The Hall–Kier alpha value is -1.82. The van der Waals surface area contributed by atoms with Crippen molar-refractivity contribution in [2.75, 3.05) is 19.7 Å². The molecule has 3 heterocycles. The fourth-order valence-corrected chi connectivity index (χ4v) is 4.24. The van der Waals surface area contributed by atoms with E-state index in [9.17, 15) is 4.79 Å². The largest absolute Gasteiger partial charge is 0.477 e. The summed E-state index contributed by atoms with van der Waals surface area (Å²) in [5, 5.41) is 4.47. The Bertz CT molecular complexity index is 752. The molecule has 1 amide bonds. The van der Waals surface area contributed by atoms with E-state index in [1.54, 1.807) is 4.68 Å². The Labute approximate surface area is 156 Å². The van der Waals surface area contributed by atoms with Gasteiger partial charge in [0.25, 0.3) is 5.91 Å². The lowest BCUT2D eigenvalue weighted by molar-refractivity contribution is 0.0682. The summed E-state index contributed by atoms with van der Waals surface area (Å²) in [4.78, 5) is 14.8. The third-order valence-corrected chi connectivity index (χ3v) is 5.79. The Morgan fingerprint density at radius 3 is 2.68 bits per heavy atom. The number of hydrogen-bond acceptors (Lipinski definition) is 3. The van der Waals surface area contributed by atoms with Gasteiger partial charge in [0.1, 0.15) is 4.47 Å². The molecule has 0 N–H and O–H groups in total. The monoisotopic (exact) mass is 403 g/mol. The zero-order valence-electron chi connectivity index (χ0n) is 14.2. The number of aryl methyl sites for hydroxylation is 1. The first kappa shape index (κ1) is 16.6. The van der Waals surface area contributed by atoms with Crippen molar-refractivity contribution in [1.29, 1.82) is 0 Å². The maximum Gasteiger partial charge on any atom is 0.275 e. The van der Waals surface area contributed by atoms with Crippen LogP contribution in [0, 0.1) is 5.92 Å². The van der Waals surface area contributed by atoms with Crippen molar-refractivity contribution < 1.29 is 9.53 Å². The summed E-state index contributed by atoms with van der Waals surface area (Å²) in [5.41, 5.74) is 1.87. The van der Waals surface area contributed by atoms with Gasteiger partial charge in [-0.3, -0.25) is 4.79 Å². The lowest BCUT2D eigenvalue weighted by atomic mass is 9.90. The Kier molecular flexibility index (Phi) is 4.79. The molecule has 1 fully saturated rings. The molecule has 25 heavy (non-hydrogen) atoms. The van der Waals surface area contributed by atoms with Crippen LogP contribution in [0.2, 0.25) is 0 Å². The summed E-state index contributed by atoms with van der Waals surface area (Å²) < 4.78 is 8.13. The van der Waals surface area contributed by atoms with E-state index in [1.807, 2.05) is 4.90 Å². The van der Waals surface area contributed by atoms with Crippen LogP contribution >= 0.6 is 15.9 Å². The number of likely N-dealkylation sites (tertiary alicyclic amines) is 1. The number of nitrogens with zero attached hydrogens (tertiary/aromatic N) is 3. The standard InChI is InChI=1S/C19H22BrN3O2/c20-16-17(21-23-9-4-12-25-19(16)23)18(24)22-10-7-15(8-11-22)13-14-5-2-1-3-6-14/h1-3,5-6,15H,4,7-13H2. The molecule has 0 atom stereocenters. The van der Waals surface area contributed by atoms with Gasteiger partial charge in [-0.2, -0.15) is 5.10 Å². The lowest BCUT2D eigenvalue weighted by Gasteiger charge is -2.31. The molecule has 1 aromatic heterocycles. The van der Waals surface area contributed by atoms with Crippen LogP contribution < -0.4 is 4.74 Å². The maximum atomic E-state index is 12.9. The van der Waals surface area contributed by atoms with Gasteiger partial charge in [0.2, 0.25) is 5.88 Å². The summed E-state index contributed by atoms with van der Waals surface area (Å²) in [5.74, 6) is 1.34. The first-order valence-electron chi connectivity index (χ1n) is 8.94. The second-order valence-electron chi connectivity index (χ2n) is 6.82. The van der Waals surface area contributed by atoms with E-state index in [2.05, 4.69) is 51.4 Å². The molecule has 4 rings (SSSR count). The van der Waals surface area contributed by atoms with Crippen LogP contribution in [0.4, 0.5) is 0 Å². The smallest absolute Gasteiger partial charge is 0.275 e. The average molecular weight is 404 g/mol. The first-order chi connectivity index (χ1) is 12.2. The number of amides is 1. The Balaban J connectivity index is 1.39. The van der Waals surface area contributed by atoms with Gasteiger partial charge in [-0.15, -0.1) is 0 Å². The molecule has 1 saturated heterocycles. The molecule has 0 unspecified atom stereocenters. The molecule has 2 aromatic rings. The number of halogens is 1. The molecule has 0 aliphatic carbocycles. The minimum atomic E-state index is 0.00976. The molecule has 5 nitrogen and oxygen atoms in total. The summed E-state index contributed by atoms with van der Waals surface area (Å²) in [6, 6.07) is 10.6. The molecule has 0 spiro atoms. The third-order valence-electron chi connectivity index (χ3n) is 5.08. The van der Waals surface area contributed by atoms with Crippen LogP contribution in [0.3, 0.4) is 0 Å². The van der Waals surface area contributed by atoms with Gasteiger partial charge in [0, 0.05) is 26.1 Å². The van der Waals surface area contributed by atoms with Gasteiger partial charge in [-0.05, 0) is 46.7 Å². The Morgan fingerprint density at radius 1 is 1.20 bits per heavy atom. The quantitative estimate of drug-likeness (QED) is 0.787. The molecule has 132 valence electrons. The van der Waals surface area contributed by atoms with Crippen LogP contribution in [0.5, 0.6) is 5.88 Å². The highest BCUT2D eigenvalue weighted by Crippen LogP contribution is 2.32. The molecule has 2 aliphatic heterocycles. The minimum Gasteiger partial charge on any atom is -0.477 e. The second-order valence-corrected chi connectivity index (χ2v) is 7.61. The van der Waals surface area contributed by atoms with E-state index in [0.29, 0.717) is 28.6 Å². The second kappa shape index (κ2) is 7.20. The fraction of sp³-hybridized carbons (Fsp3) is 0.474. The van der Waals surface area contributed by atoms with E-state index in [0.717, 1.165) is 45.3 Å². The zero-order chi connectivity index (χ0) is 17.2. The van der Waals surface area contributed by atoms with Gasteiger partial charge in [-0.25, -0.2) is 4.68 Å². The van der Waals surface area contributed by atoms with E-state index in [4.69, 9.17) is 4.74 Å². The first-order valence-corrected chi connectivity index (χ1v) is 9.74.